The van der Waals surface area contributed by atoms with Gasteiger partial charge in [0.25, 0.3) is 0 Å². The molecule has 0 amide bonds. The van der Waals surface area contributed by atoms with E-state index in [-0.39, 0.29) is 18.4 Å². The molecule has 0 spiro atoms. The van der Waals surface area contributed by atoms with E-state index in [4.69, 9.17) is 9.47 Å². The van der Waals surface area contributed by atoms with Crippen LogP contribution < -0.4 is 0 Å². The Labute approximate surface area is 106 Å². The Kier molecular flexibility index (Phi) is 5.31. The Balaban J connectivity index is 2.65. The predicted molar refractivity (Wildman–Crippen MR) is 66.9 cm³/mol. The molecular formula is C14H16O4. The minimum Gasteiger partial charge on any atom is -0.466 e. The van der Waals surface area contributed by atoms with E-state index in [2.05, 4.69) is 12.3 Å². The topological polar surface area (TPSA) is 52.6 Å². The number of carbonyl (C=O) groups excluding carboxylic acids is 2. The molecule has 1 aliphatic rings. The highest BCUT2D eigenvalue weighted by Crippen LogP contribution is 2.23. The number of hydrogen-bond acceptors (Lipinski definition) is 4. The standard InChI is InChI=1S/C14H16O4/c1-3-4-10-18-14(9-11-17-12(2)15)7-5-13(16)6-8-14/h4-8H,1,9-11H2,2H3. The highest BCUT2D eigenvalue weighted by molar-refractivity contribution is 6.00. The second-order valence-corrected chi connectivity index (χ2v) is 3.83. The van der Waals surface area contributed by atoms with Crippen LogP contribution in [-0.4, -0.2) is 30.6 Å². The van der Waals surface area contributed by atoms with Crippen molar-refractivity contribution >= 4 is 11.8 Å². The minimum atomic E-state index is -0.712. The zero-order valence-corrected chi connectivity index (χ0v) is 10.3. The molecule has 0 radical (unpaired) electrons. The Morgan fingerprint density at radius 1 is 1.50 bits per heavy atom. The maximum atomic E-state index is 11.1. The summed E-state index contributed by atoms with van der Waals surface area (Å²) in [6, 6.07) is 0. The van der Waals surface area contributed by atoms with Gasteiger partial charge in [-0.25, -0.2) is 0 Å². The summed E-state index contributed by atoms with van der Waals surface area (Å²) in [6.07, 6.45) is 8.35. The Bertz CT molecular complexity index is 409. The van der Waals surface area contributed by atoms with Gasteiger partial charge in [-0.3, -0.25) is 9.59 Å². The van der Waals surface area contributed by atoms with Crippen molar-refractivity contribution in [2.45, 2.75) is 18.9 Å². The van der Waals surface area contributed by atoms with E-state index < -0.39 is 5.60 Å². The molecule has 4 heteroatoms. The molecular weight excluding hydrogens is 232 g/mol. The van der Waals surface area contributed by atoms with Gasteiger partial charge in [0, 0.05) is 13.3 Å². The average Bonchev–Trinajstić information content (AvgIpc) is 2.33. The summed E-state index contributed by atoms with van der Waals surface area (Å²) in [7, 11) is 0. The predicted octanol–water partition coefficient (Wildman–Crippen LogP) is 1.73. The quantitative estimate of drug-likeness (QED) is 0.530. The number of hydrogen-bond donors (Lipinski definition) is 0. The average molecular weight is 248 g/mol. The number of ether oxygens (including phenoxy) is 2. The van der Waals surface area contributed by atoms with Crippen molar-refractivity contribution in [1.82, 2.24) is 0 Å². The summed E-state index contributed by atoms with van der Waals surface area (Å²) in [5.74, 6) is -0.419. The summed E-state index contributed by atoms with van der Waals surface area (Å²) in [5, 5.41) is 0. The second-order valence-electron chi connectivity index (χ2n) is 3.83. The molecule has 0 heterocycles. The van der Waals surface area contributed by atoms with Crippen LogP contribution in [0.15, 0.2) is 42.7 Å². The van der Waals surface area contributed by atoms with Gasteiger partial charge in [0.1, 0.15) is 5.60 Å². The summed E-state index contributed by atoms with van der Waals surface area (Å²) in [6.45, 7) is 5.35. The van der Waals surface area contributed by atoms with Crippen LogP contribution in [0.5, 0.6) is 0 Å². The van der Waals surface area contributed by atoms with Crippen LogP contribution >= 0.6 is 0 Å². The minimum absolute atomic E-state index is 0.0824. The summed E-state index contributed by atoms with van der Waals surface area (Å²) in [5.41, 5.74) is 1.90. The summed E-state index contributed by atoms with van der Waals surface area (Å²) in [4.78, 5) is 21.8. The zero-order valence-electron chi connectivity index (χ0n) is 10.3. The monoisotopic (exact) mass is 248 g/mol. The van der Waals surface area contributed by atoms with Gasteiger partial charge < -0.3 is 9.47 Å². The van der Waals surface area contributed by atoms with E-state index in [1.807, 2.05) is 0 Å². The fraction of sp³-hybridized carbons (Fsp3) is 0.357. The molecule has 0 saturated carbocycles. The van der Waals surface area contributed by atoms with Crippen molar-refractivity contribution in [2.75, 3.05) is 13.2 Å². The van der Waals surface area contributed by atoms with E-state index in [9.17, 15) is 9.59 Å². The number of rotatable bonds is 6. The molecule has 0 aromatic carbocycles. The fourth-order valence-electron chi connectivity index (χ4n) is 1.50. The smallest absolute Gasteiger partial charge is 0.302 e. The molecule has 0 N–H and O–H groups in total. The molecule has 18 heavy (non-hydrogen) atoms. The van der Waals surface area contributed by atoms with Gasteiger partial charge in [-0.2, -0.15) is 0 Å². The molecule has 0 bridgehead atoms. The van der Waals surface area contributed by atoms with Crippen LogP contribution in [0.3, 0.4) is 0 Å². The van der Waals surface area contributed by atoms with Crippen molar-refractivity contribution in [2.24, 2.45) is 0 Å². The number of carbonyl (C=O) groups is 2. The Hall–Kier alpha value is -1.90. The molecule has 0 fully saturated rings. The lowest BCUT2D eigenvalue weighted by Gasteiger charge is -2.28. The molecule has 0 aromatic heterocycles. The van der Waals surface area contributed by atoms with Crippen molar-refractivity contribution in [3.05, 3.63) is 42.7 Å². The first-order valence-electron chi connectivity index (χ1n) is 5.62. The third-order valence-electron chi connectivity index (χ3n) is 2.44. The van der Waals surface area contributed by atoms with Gasteiger partial charge in [-0.1, -0.05) is 6.58 Å². The highest BCUT2D eigenvalue weighted by atomic mass is 16.5. The van der Waals surface area contributed by atoms with E-state index in [1.165, 1.54) is 19.1 Å². The van der Waals surface area contributed by atoms with E-state index in [1.54, 1.807) is 18.2 Å². The molecule has 1 aliphatic carbocycles. The van der Waals surface area contributed by atoms with Gasteiger partial charge in [0.05, 0.1) is 13.2 Å². The van der Waals surface area contributed by atoms with Gasteiger partial charge >= 0.3 is 5.97 Å². The Morgan fingerprint density at radius 2 is 2.17 bits per heavy atom. The summed E-state index contributed by atoms with van der Waals surface area (Å²) >= 11 is 0. The largest absolute Gasteiger partial charge is 0.466 e. The fourth-order valence-corrected chi connectivity index (χ4v) is 1.50. The van der Waals surface area contributed by atoms with Crippen LogP contribution in [0.2, 0.25) is 0 Å². The normalized spacial score (nSPS) is 16.2. The van der Waals surface area contributed by atoms with Crippen LogP contribution in [0.25, 0.3) is 0 Å². The molecule has 0 saturated heterocycles. The molecule has 96 valence electrons. The first kappa shape index (κ1) is 14.2. The number of allylic oxidation sites excluding steroid dienone is 2. The maximum Gasteiger partial charge on any atom is 0.302 e. The van der Waals surface area contributed by atoms with Crippen LogP contribution in [0.1, 0.15) is 13.3 Å². The molecule has 4 nitrogen and oxygen atoms in total. The Morgan fingerprint density at radius 3 is 2.72 bits per heavy atom. The third-order valence-corrected chi connectivity index (χ3v) is 2.44. The van der Waals surface area contributed by atoms with E-state index in [0.29, 0.717) is 13.0 Å². The highest BCUT2D eigenvalue weighted by Gasteiger charge is 2.27. The van der Waals surface area contributed by atoms with Gasteiger partial charge in [0.2, 0.25) is 0 Å². The lowest BCUT2D eigenvalue weighted by molar-refractivity contribution is -0.142. The van der Waals surface area contributed by atoms with Crippen molar-refractivity contribution in [1.29, 1.82) is 0 Å². The third kappa shape index (κ3) is 4.53. The molecule has 0 unspecified atom stereocenters. The number of esters is 1. The summed E-state index contributed by atoms with van der Waals surface area (Å²) < 4.78 is 10.6. The molecule has 1 rings (SSSR count). The zero-order chi connectivity index (χ0) is 13.4. The van der Waals surface area contributed by atoms with Gasteiger partial charge in [-0.05, 0) is 30.4 Å². The lowest BCUT2D eigenvalue weighted by atomic mass is 9.94. The first-order valence-corrected chi connectivity index (χ1v) is 5.62. The molecule has 0 atom stereocenters. The van der Waals surface area contributed by atoms with Crippen LogP contribution in [-0.2, 0) is 19.1 Å². The van der Waals surface area contributed by atoms with E-state index >= 15 is 0 Å². The SMILES string of the molecule is C=C=CCOC1(CCOC(C)=O)C=CC(=O)C=C1. The van der Waals surface area contributed by atoms with Crippen LogP contribution in [0, 0.1) is 0 Å². The second kappa shape index (κ2) is 6.74. The maximum absolute atomic E-state index is 11.1. The van der Waals surface area contributed by atoms with Gasteiger partial charge in [-0.15, -0.1) is 5.73 Å². The first-order chi connectivity index (χ1) is 8.58. The van der Waals surface area contributed by atoms with Crippen molar-refractivity contribution in [3.8, 4) is 0 Å². The van der Waals surface area contributed by atoms with Gasteiger partial charge in [0.15, 0.2) is 5.78 Å². The van der Waals surface area contributed by atoms with Crippen LogP contribution in [0.4, 0.5) is 0 Å². The van der Waals surface area contributed by atoms with E-state index in [0.717, 1.165) is 0 Å². The van der Waals surface area contributed by atoms with Crippen molar-refractivity contribution in [3.63, 3.8) is 0 Å². The molecule has 0 aromatic rings. The van der Waals surface area contributed by atoms with Crippen molar-refractivity contribution < 1.29 is 19.1 Å². The molecule has 0 aliphatic heterocycles. The lowest BCUT2D eigenvalue weighted by Crippen LogP contribution is -2.32. The number of ketones is 1.